The molecule has 0 amide bonds. The Kier molecular flexibility index (Phi) is 4.89. The minimum absolute atomic E-state index is 0.0334. The highest BCUT2D eigenvalue weighted by molar-refractivity contribution is 9.10. The minimum Gasteiger partial charge on any atom is -0.309 e. The zero-order chi connectivity index (χ0) is 14.7. The fourth-order valence-corrected chi connectivity index (χ4v) is 2.58. The molecule has 0 saturated heterocycles. The zero-order valence-corrected chi connectivity index (χ0v) is 13.0. The van der Waals surface area contributed by atoms with Crippen molar-refractivity contribution in [2.45, 2.75) is 19.4 Å². The predicted molar refractivity (Wildman–Crippen MR) is 80.8 cm³/mol. The molecule has 0 aliphatic carbocycles. The van der Waals surface area contributed by atoms with Gasteiger partial charge < -0.3 is 5.32 Å². The summed E-state index contributed by atoms with van der Waals surface area (Å²) in [6.45, 7) is 2.07. The van der Waals surface area contributed by atoms with Gasteiger partial charge in [0.05, 0.1) is 10.5 Å². The lowest BCUT2D eigenvalue weighted by Gasteiger charge is -2.19. The average Bonchev–Trinajstić information content (AvgIpc) is 2.48. The van der Waals surface area contributed by atoms with E-state index in [4.69, 9.17) is 0 Å². The molecule has 0 aromatic heterocycles. The fourth-order valence-electron chi connectivity index (χ4n) is 2.23. The maximum Gasteiger partial charge on any atom is 0.145 e. The summed E-state index contributed by atoms with van der Waals surface area (Å²) in [5.41, 5.74) is 2.06. The Morgan fingerprint density at radius 2 is 1.75 bits per heavy atom. The topological polar surface area (TPSA) is 12.0 Å². The van der Waals surface area contributed by atoms with Crippen LogP contribution in [0.3, 0.4) is 0 Å². The number of aryl methyl sites for hydroxylation is 1. The van der Waals surface area contributed by atoms with Crippen LogP contribution in [0.1, 0.15) is 29.7 Å². The zero-order valence-electron chi connectivity index (χ0n) is 11.4. The minimum atomic E-state index is -0.566. The van der Waals surface area contributed by atoms with Gasteiger partial charge in [0, 0.05) is 5.56 Å². The van der Waals surface area contributed by atoms with Gasteiger partial charge in [-0.25, -0.2) is 8.78 Å². The van der Waals surface area contributed by atoms with Crippen molar-refractivity contribution in [2.75, 3.05) is 7.05 Å². The molecular weight excluding hydrogens is 324 g/mol. The van der Waals surface area contributed by atoms with Crippen molar-refractivity contribution in [1.29, 1.82) is 0 Å². The number of hydrogen-bond donors (Lipinski definition) is 1. The molecule has 2 aromatic rings. The van der Waals surface area contributed by atoms with Gasteiger partial charge in [-0.3, -0.25) is 0 Å². The molecule has 0 fully saturated rings. The molecule has 2 aromatic carbocycles. The number of halogens is 3. The molecule has 1 N–H and O–H groups in total. The summed E-state index contributed by atoms with van der Waals surface area (Å²) < 4.78 is 28.5. The van der Waals surface area contributed by atoms with Crippen LogP contribution in [-0.2, 0) is 6.42 Å². The van der Waals surface area contributed by atoms with E-state index >= 15 is 0 Å². The molecular formula is C16H16BrF2N. The van der Waals surface area contributed by atoms with E-state index in [1.807, 2.05) is 24.3 Å². The lowest BCUT2D eigenvalue weighted by atomic mass is 9.96. The van der Waals surface area contributed by atoms with Crippen molar-refractivity contribution in [3.63, 3.8) is 0 Å². The summed E-state index contributed by atoms with van der Waals surface area (Å²) in [7, 11) is 1.69. The van der Waals surface area contributed by atoms with E-state index in [9.17, 15) is 8.78 Å². The van der Waals surface area contributed by atoms with Gasteiger partial charge in [-0.1, -0.05) is 31.2 Å². The molecule has 0 aliphatic rings. The van der Waals surface area contributed by atoms with Crippen LogP contribution in [0.4, 0.5) is 8.78 Å². The molecule has 106 valence electrons. The normalized spacial score (nSPS) is 12.4. The lowest BCUT2D eigenvalue weighted by Crippen LogP contribution is -2.20. The maximum absolute atomic E-state index is 14.2. The van der Waals surface area contributed by atoms with Gasteiger partial charge in [-0.2, -0.15) is 0 Å². The molecule has 0 heterocycles. The second-order valence-corrected chi connectivity index (χ2v) is 5.43. The van der Waals surface area contributed by atoms with E-state index in [0.29, 0.717) is 0 Å². The molecule has 2 rings (SSSR count). The highest BCUT2D eigenvalue weighted by atomic mass is 79.9. The van der Waals surface area contributed by atoms with E-state index in [-0.39, 0.29) is 10.0 Å². The Bertz CT molecular complexity index is 596. The molecule has 0 spiro atoms. The molecule has 1 unspecified atom stereocenters. The first-order valence-electron chi connectivity index (χ1n) is 6.48. The summed E-state index contributed by atoms with van der Waals surface area (Å²) in [5, 5.41) is 2.98. The molecule has 0 saturated carbocycles. The SMILES string of the molecule is CCc1ccc(C(NC)c2c(F)ccc(Br)c2F)cc1. The second-order valence-electron chi connectivity index (χ2n) is 4.57. The molecule has 4 heteroatoms. The molecule has 0 aliphatic heterocycles. The van der Waals surface area contributed by atoms with Crippen molar-refractivity contribution in [3.05, 3.63) is 69.2 Å². The molecule has 1 nitrogen and oxygen atoms in total. The summed E-state index contributed by atoms with van der Waals surface area (Å²) >= 11 is 3.10. The smallest absolute Gasteiger partial charge is 0.145 e. The molecule has 1 atom stereocenters. The van der Waals surface area contributed by atoms with Crippen molar-refractivity contribution in [3.8, 4) is 0 Å². The van der Waals surface area contributed by atoms with E-state index in [2.05, 4.69) is 28.2 Å². The van der Waals surface area contributed by atoms with Crippen LogP contribution < -0.4 is 5.32 Å². The van der Waals surface area contributed by atoms with Gasteiger partial charge in [0.2, 0.25) is 0 Å². The van der Waals surface area contributed by atoms with Gasteiger partial charge in [0.15, 0.2) is 0 Å². The third kappa shape index (κ3) is 2.91. The van der Waals surface area contributed by atoms with Crippen LogP contribution in [-0.4, -0.2) is 7.05 Å². The maximum atomic E-state index is 14.2. The second kappa shape index (κ2) is 6.46. The van der Waals surface area contributed by atoms with Crippen molar-refractivity contribution < 1.29 is 8.78 Å². The van der Waals surface area contributed by atoms with Crippen LogP contribution >= 0.6 is 15.9 Å². The Balaban J connectivity index is 2.49. The van der Waals surface area contributed by atoms with Gasteiger partial charge in [-0.15, -0.1) is 0 Å². The number of rotatable bonds is 4. The Labute approximate surface area is 126 Å². The summed E-state index contributed by atoms with van der Waals surface area (Å²) in [4.78, 5) is 0. The Hall–Kier alpha value is -1.26. The van der Waals surface area contributed by atoms with Gasteiger partial charge >= 0.3 is 0 Å². The van der Waals surface area contributed by atoms with Crippen molar-refractivity contribution in [2.24, 2.45) is 0 Å². The quantitative estimate of drug-likeness (QED) is 0.802. The van der Waals surface area contributed by atoms with Gasteiger partial charge in [0.1, 0.15) is 11.6 Å². The number of benzene rings is 2. The van der Waals surface area contributed by atoms with Crippen molar-refractivity contribution >= 4 is 15.9 Å². The Morgan fingerprint density at radius 1 is 1.10 bits per heavy atom. The first-order valence-corrected chi connectivity index (χ1v) is 7.27. The van der Waals surface area contributed by atoms with Gasteiger partial charge in [-0.05, 0) is 52.7 Å². The fraction of sp³-hybridized carbons (Fsp3) is 0.250. The van der Waals surface area contributed by atoms with E-state index < -0.39 is 17.7 Å². The molecule has 0 bridgehead atoms. The summed E-state index contributed by atoms with van der Waals surface area (Å²) in [6.07, 6.45) is 0.935. The van der Waals surface area contributed by atoms with Gasteiger partial charge in [0.25, 0.3) is 0 Å². The molecule has 0 radical (unpaired) electrons. The molecule has 20 heavy (non-hydrogen) atoms. The standard InChI is InChI=1S/C16H16BrF2N/c1-3-10-4-6-11(7-5-10)16(20-2)14-13(18)9-8-12(17)15(14)19/h4-9,16,20H,3H2,1-2H3. The number of nitrogens with one attached hydrogen (secondary N) is 1. The highest BCUT2D eigenvalue weighted by Crippen LogP contribution is 2.30. The lowest BCUT2D eigenvalue weighted by molar-refractivity contribution is 0.518. The largest absolute Gasteiger partial charge is 0.309 e. The van der Waals surface area contributed by atoms with E-state index in [0.717, 1.165) is 12.0 Å². The van der Waals surface area contributed by atoms with Crippen LogP contribution in [0.25, 0.3) is 0 Å². The predicted octanol–water partition coefficient (Wildman–Crippen LogP) is 4.60. The highest BCUT2D eigenvalue weighted by Gasteiger charge is 2.22. The average molecular weight is 340 g/mol. The van der Waals surface area contributed by atoms with Crippen molar-refractivity contribution in [1.82, 2.24) is 5.32 Å². The third-order valence-electron chi connectivity index (χ3n) is 3.38. The van der Waals surface area contributed by atoms with Crippen LogP contribution in [0.2, 0.25) is 0 Å². The third-order valence-corrected chi connectivity index (χ3v) is 3.99. The Morgan fingerprint density at radius 3 is 2.30 bits per heavy atom. The van der Waals surface area contributed by atoms with E-state index in [1.165, 1.54) is 17.7 Å². The van der Waals surface area contributed by atoms with Crippen LogP contribution in [0.15, 0.2) is 40.9 Å². The first kappa shape index (κ1) is 15.1. The van der Waals surface area contributed by atoms with Crippen LogP contribution in [0.5, 0.6) is 0 Å². The summed E-state index contributed by atoms with van der Waals surface area (Å²) in [6, 6.07) is 9.90. The van der Waals surface area contributed by atoms with E-state index in [1.54, 1.807) is 7.05 Å². The number of hydrogen-bond acceptors (Lipinski definition) is 1. The first-order chi connectivity index (χ1) is 9.58. The monoisotopic (exact) mass is 339 g/mol. The van der Waals surface area contributed by atoms with Crippen LogP contribution in [0, 0.1) is 11.6 Å². The summed E-state index contributed by atoms with van der Waals surface area (Å²) in [5.74, 6) is -1.12.